The molecule has 156 valence electrons. The number of hydrogen-bond acceptors (Lipinski definition) is 3. The van der Waals surface area contributed by atoms with Gasteiger partial charge in [-0.3, -0.25) is 9.36 Å². The number of para-hydroxylation sites is 1. The molecular weight excluding hydrogens is 407 g/mol. The van der Waals surface area contributed by atoms with Crippen molar-refractivity contribution in [1.29, 1.82) is 0 Å². The Labute approximate surface area is 184 Å². The summed E-state index contributed by atoms with van der Waals surface area (Å²) in [5, 5.41) is 0. The van der Waals surface area contributed by atoms with Crippen molar-refractivity contribution in [2.45, 2.75) is 32.7 Å². The zero-order valence-electron chi connectivity index (χ0n) is 16.7. The number of likely N-dealkylation sites (tertiary alicyclic amines) is 1. The fourth-order valence-corrected chi connectivity index (χ4v) is 4.04. The average molecular weight is 435 g/mol. The molecule has 1 amide bonds. The van der Waals surface area contributed by atoms with Gasteiger partial charge in [0.15, 0.2) is 0 Å². The lowest BCUT2D eigenvalue weighted by molar-refractivity contribution is 0.0661. The summed E-state index contributed by atoms with van der Waals surface area (Å²) in [6, 6.07) is 16.1. The molecule has 1 aromatic heterocycles. The van der Waals surface area contributed by atoms with Crippen molar-refractivity contribution in [3.05, 3.63) is 59.9 Å². The molecule has 1 aliphatic heterocycles. The van der Waals surface area contributed by atoms with Crippen molar-refractivity contribution < 1.29 is 4.79 Å². The van der Waals surface area contributed by atoms with Crippen LogP contribution in [0.5, 0.6) is 0 Å². The van der Waals surface area contributed by atoms with Gasteiger partial charge in [-0.15, -0.1) is 24.8 Å². The van der Waals surface area contributed by atoms with E-state index in [2.05, 4.69) is 16.7 Å². The number of carbonyl (C=O) groups is 1. The Bertz CT molecular complexity index is 972. The molecule has 0 spiro atoms. The van der Waals surface area contributed by atoms with Crippen LogP contribution in [-0.4, -0.2) is 39.5 Å². The van der Waals surface area contributed by atoms with Crippen LogP contribution in [0, 0.1) is 12.8 Å². The average Bonchev–Trinajstić information content (AvgIpc) is 3.03. The van der Waals surface area contributed by atoms with Gasteiger partial charge in [0.2, 0.25) is 0 Å². The number of nitrogens with zero attached hydrogens (tertiary/aromatic N) is 3. The first-order chi connectivity index (χ1) is 13.0. The second-order valence-electron chi connectivity index (χ2n) is 7.55. The number of halogens is 2. The first-order valence-electron chi connectivity index (χ1n) is 9.64. The Kier molecular flexibility index (Phi) is 7.69. The fourth-order valence-electron chi connectivity index (χ4n) is 4.04. The number of nitrogens with two attached hydrogens (primary N) is 1. The summed E-state index contributed by atoms with van der Waals surface area (Å²) >= 11 is 0. The summed E-state index contributed by atoms with van der Waals surface area (Å²) in [5.41, 5.74) is 9.71. The van der Waals surface area contributed by atoms with Crippen LogP contribution in [0.4, 0.5) is 0 Å². The van der Waals surface area contributed by atoms with E-state index in [1.165, 1.54) is 0 Å². The minimum Gasteiger partial charge on any atom is -0.338 e. The number of rotatable bonds is 3. The highest BCUT2D eigenvalue weighted by molar-refractivity contribution is 5.97. The molecule has 2 aromatic carbocycles. The highest BCUT2D eigenvalue weighted by atomic mass is 35.5. The van der Waals surface area contributed by atoms with Crippen molar-refractivity contribution in [3.63, 3.8) is 0 Å². The number of carbonyl (C=O) groups excluding carboxylic acids is 1. The predicted octanol–water partition coefficient (Wildman–Crippen LogP) is 4.38. The monoisotopic (exact) mass is 434 g/mol. The number of aromatic nitrogens is 2. The zero-order valence-corrected chi connectivity index (χ0v) is 18.4. The molecular formula is C22H28Cl2N4O. The van der Waals surface area contributed by atoms with E-state index in [0.717, 1.165) is 48.5 Å². The van der Waals surface area contributed by atoms with E-state index in [0.29, 0.717) is 11.5 Å². The summed E-state index contributed by atoms with van der Waals surface area (Å²) in [7, 11) is 0. The SMILES string of the molecule is Cc1nc2cc(C(=O)N3CCCC(C(C)N)C3)ccc2n1-c1ccccc1.Cl.Cl. The van der Waals surface area contributed by atoms with Crippen molar-refractivity contribution in [2.75, 3.05) is 13.1 Å². The van der Waals surface area contributed by atoms with Gasteiger partial charge in [-0.2, -0.15) is 0 Å². The molecule has 5 nitrogen and oxygen atoms in total. The third kappa shape index (κ3) is 4.58. The predicted molar refractivity (Wildman–Crippen MR) is 123 cm³/mol. The van der Waals surface area contributed by atoms with Crippen LogP contribution in [0.25, 0.3) is 16.7 Å². The Balaban J connectivity index is 0.00000150. The summed E-state index contributed by atoms with van der Waals surface area (Å²) in [6.45, 7) is 5.57. The standard InChI is InChI=1S/C22H26N4O.2ClH/c1-15(23)18-7-6-12-25(14-18)22(27)17-10-11-21-20(13-17)24-16(2)26(21)19-8-4-3-5-9-19;;/h3-5,8-11,13,15,18H,6-7,12,14,23H2,1-2H3;2*1H. The van der Waals surface area contributed by atoms with Crippen molar-refractivity contribution in [3.8, 4) is 5.69 Å². The summed E-state index contributed by atoms with van der Waals surface area (Å²) in [5.74, 6) is 1.37. The molecule has 0 bridgehead atoms. The Hall–Kier alpha value is -2.08. The lowest BCUT2D eigenvalue weighted by atomic mass is 9.92. The molecule has 7 heteroatoms. The third-order valence-electron chi connectivity index (χ3n) is 5.57. The summed E-state index contributed by atoms with van der Waals surface area (Å²) < 4.78 is 2.12. The maximum absolute atomic E-state index is 13.0. The van der Waals surface area contributed by atoms with E-state index in [4.69, 9.17) is 10.7 Å². The van der Waals surface area contributed by atoms with Crippen LogP contribution in [0.3, 0.4) is 0 Å². The largest absolute Gasteiger partial charge is 0.338 e. The van der Waals surface area contributed by atoms with E-state index >= 15 is 0 Å². The molecule has 2 atom stereocenters. The minimum absolute atomic E-state index is 0. The Morgan fingerprint density at radius 3 is 2.59 bits per heavy atom. The normalized spacial score (nSPS) is 17.3. The zero-order chi connectivity index (χ0) is 19.0. The number of fused-ring (bicyclic) bond motifs is 1. The number of aryl methyl sites for hydroxylation is 1. The number of piperidine rings is 1. The molecule has 0 aliphatic carbocycles. The molecule has 2 unspecified atom stereocenters. The highest BCUT2D eigenvalue weighted by Gasteiger charge is 2.26. The van der Waals surface area contributed by atoms with Gasteiger partial charge in [-0.1, -0.05) is 18.2 Å². The van der Waals surface area contributed by atoms with Gasteiger partial charge in [-0.25, -0.2) is 4.98 Å². The van der Waals surface area contributed by atoms with Crippen LogP contribution in [0.1, 0.15) is 35.9 Å². The van der Waals surface area contributed by atoms with Gasteiger partial charge < -0.3 is 10.6 Å². The van der Waals surface area contributed by atoms with Gasteiger partial charge in [0, 0.05) is 30.4 Å². The first kappa shape index (κ1) is 23.2. The molecule has 1 saturated heterocycles. The van der Waals surface area contributed by atoms with E-state index in [-0.39, 0.29) is 36.8 Å². The number of benzene rings is 2. The second-order valence-corrected chi connectivity index (χ2v) is 7.55. The number of hydrogen-bond donors (Lipinski definition) is 1. The van der Waals surface area contributed by atoms with E-state index in [9.17, 15) is 4.79 Å². The van der Waals surface area contributed by atoms with E-state index in [1.807, 2.05) is 55.1 Å². The lowest BCUT2D eigenvalue weighted by Crippen LogP contribution is -2.45. The van der Waals surface area contributed by atoms with Crippen LogP contribution in [0.2, 0.25) is 0 Å². The summed E-state index contributed by atoms with van der Waals surface area (Å²) in [4.78, 5) is 19.7. The van der Waals surface area contributed by atoms with Crippen LogP contribution >= 0.6 is 24.8 Å². The van der Waals surface area contributed by atoms with Crippen molar-refractivity contribution in [2.24, 2.45) is 11.7 Å². The fraction of sp³-hybridized carbons (Fsp3) is 0.364. The topological polar surface area (TPSA) is 64.2 Å². The van der Waals surface area contributed by atoms with Gasteiger partial charge in [-0.05, 0) is 62.9 Å². The van der Waals surface area contributed by atoms with Gasteiger partial charge in [0.25, 0.3) is 5.91 Å². The van der Waals surface area contributed by atoms with Gasteiger partial charge in [0.05, 0.1) is 11.0 Å². The van der Waals surface area contributed by atoms with Crippen molar-refractivity contribution >= 4 is 41.8 Å². The minimum atomic E-state index is 0. The van der Waals surface area contributed by atoms with Crippen LogP contribution in [0.15, 0.2) is 48.5 Å². The van der Waals surface area contributed by atoms with Gasteiger partial charge in [0.1, 0.15) is 5.82 Å². The van der Waals surface area contributed by atoms with Crippen LogP contribution < -0.4 is 5.73 Å². The molecule has 2 heterocycles. The lowest BCUT2D eigenvalue weighted by Gasteiger charge is -2.34. The highest BCUT2D eigenvalue weighted by Crippen LogP contribution is 2.25. The second kappa shape index (κ2) is 9.61. The molecule has 0 radical (unpaired) electrons. The maximum Gasteiger partial charge on any atom is 0.253 e. The molecule has 4 rings (SSSR count). The first-order valence-corrected chi connectivity index (χ1v) is 9.64. The van der Waals surface area contributed by atoms with E-state index < -0.39 is 0 Å². The van der Waals surface area contributed by atoms with E-state index in [1.54, 1.807) is 0 Å². The molecule has 2 N–H and O–H groups in total. The Morgan fingerprint density at radius 2 is 1.90 bits per heavy atom. The van der Waals surface area contributed by atoms with Crippen LogP contribution in [-0.2, 0) is 0 Å². The third-order valence-corrected chi connectivity index (χ3v) is 5.57. The van der Waals surface area contributed by atoms with Crippen molar-refractivity contribution in [1.82, 2.24) is 14.5 Å². The molecule has 3 aromatic rings. The number of imidazole rings is 1. The smallest absolute Gasteiger partial charge is 0.253 e. The molecule has 29 heavy (non-hydrogen) atoms. The summed E-state index contributed by atoms with van der Waals surface area (Å²) in [6.07, 6.45) is 2.11. The number of amides is 1. The maximum atomic E-state index is 13.0. The molecule has 0 saturated carbocycles. The Morgan fingerprint density at radius 1 is 1.17 bits per heavy atom. The quantitative estimate of drug-likeness (QED) is 0.664. The van der Waals surface area contributed by atoms with Gasteiger partial charge >= 0.3 is 0 Å². The molecule has 1 aliphatic rings. The molecule has 1 fully saturated rings.